The number of nitrogens with zero attached hydrogens (tertiary/aromatic N) is 1. The maximum Gasteiger partial charge on any atom is 0.134 e. The molecular formula is C23H26N2O. The van der Waals surface area contributed by atoms with E-state index in [1.54, 1.807) is 11.1 Å². The smallest absolute Gasteiger partial charge is 0.134 e. The molecule has 1 N–H and O–H groups in total. The van der Waals surface area contributed by atoms with Crippen LogP contribution in [-0.4, -0.2) is 30.1 Å². The molecule has 1 aromatic heterocycles. The Morgan fingerprint density at radius 1 is 1.00 bits per heavy atom. The van der Waals surface area contributed by atoms with Crippen molar-refractivity contribution in [2.45, 2.75) is 44.3 Å². The number of hydrogen-bond acceptors (Lipinski definition) is 3. The van der Waals surface area contributed by atoms with Gasteiger partial charge < -0.3 is 9.73 Å². The number of piperidine rings is 1. The Hall–Kier alpha value is -2.10. The monoisotopic (exact) mass is 346 g/mol. The maximum absolute atomic E-state index is 5.95. The lowest BCUT2D eigenvalue weighted by Crippen LogP contribution is -2.49. The molecule has 0 spiro atoms. The largest absolute Gasteiger partial charge is 0.460 e. The summed E-state index contributed by atoms with van der Waals surface area (Å²) in [6, 6.07) is 20.6. The average Bonchev–Trinajstić information content (AvgIpc) is 3.30. The zero-order valence-corrected chi connectivity index (χ0v) is 15.2. The van der Waals surface area contributed by atoms with E-state index in [4.69, 9.17) is 4.42 Å². The number of benzene rings is 2. The summed E-state index contributed by atoms with van der Waals surface area (Å²) in [6.45, 7) is 3.21. The zero-order chi connectivity index (χ0) is 17.3. The maximum atomic E-state index is 5.95. The van der Waals surface area contributed by atoms with Crippen molar-refractivity contribution in [1.29, 1.82) is 0 Å². The van der Waals surface area contributed by atoms with Gasteiger partial charge in [0.05, 0.1) is 6.54 Å². The molecule has 0 bridgehead atoms. The molecule has 134 valence electrons. The summed E-state index contributed by atoms with van der Waals surface area (Å²) in [6.07, 6.45) is 4.97. The predicted octanol–water partition coefficient (Wildman–Crippen LogP) is 4.15. The van der Waals surface area contributed by atoms with E-state index in [0.717, 1.165) is 24.4 Å². The van der Waals surface area contributed by atoms with Gasteiger partial charge in [-0.1, -0.05) is 42.5 Å². The highest BCUT2D eigenvalue weighted by molar-refractivity contribution is 5.77. The first-order chi connectivity index (χ1) is 12.8. The van der Waals surface area contributed by atoms with Gasteiger partial charge in [-0.15, -0.1) is 0 Å². The van der Waals surface area contributed by atoms with Gasteiger partial charge in [0.15, 0.2) is 0 Å². The van der Waals surface area contributed by atoms with Crippen LogP contribution in [0.3, 0.4) is 0 Å². The summed E-state index contributed by atoms with van der Waals surface area (Å²) >= 11 is 0. The number of furan rings is 1. The van der Waals surface area contributed by atoms with Crippen LogP contribution in [0, 0.1) is 0 Å². The van der Waals surface area contributed by atoms with Crippen LogP contribution in [0.1, 0.15) is 29.7 Å². The lowest BCUT2D eigenvalue weighted by atomic mass is 10.0. The molecule has 26 heavy (non-hydrogen) atoms. The van der Waals surface area contributed by atoms with Gasteiger partial charge in [-0.05, 0) is 55.5 Å². The van der Waals surface area contributed by atoms with Crippen molar-refractivity contribution in [3.05, 3.63) is 71.5 Å². The molecule has 2 aliphatic rings. The molecule has 3 heteroatoms. The Kier molecular flexibility index (Phi) is 4.27. The van der Waals surface area contributed by atoms with Crippen LogP contribution >= 0.6 is 0 Å². The topological polar surface area (TPSA) is 28.4 Å². The molecular weight excluding hydrogens is 320 g/mol. The first kappa shape index (κ1) is 16.1. The molecule has 0 saturated carbocycles. The highest BCUT2D eigenvalue weighted by Gasteiger charge is 2.30. The van der Waals surface area contributed by atoms with Gasteiger partial charge in [0.25, 0.3) is 0 Å². The summed E-state index contributed by atoms with van der Waals surface area (Å²) < 4.78 is 5.95. The molecule has 3 aromatic rings. The Morgan fingerprint density at radius 3 is 2.58 bits per heavy atom. The third-order valence-electron chi connectivity index (χ3n) is 6.04. The number of para-hydroxylation sites is 1. The normalized spacial score (nSPS) is 21.3. The van der Waals surface area contributed by atoms with E-state index in [9.17, 15) is 0 Å². The number of likely N-dealkylation sites (tertiary alicyclic amines) is 1. The zero-order valence-electron chi connectivity index (χ0n) is 15.2. The minimum Gasteiger partial charge on any atom is -0.460 e. The van der Waals surface area contributed by atoms with Crippen molar-refractivity contribution in [1.82, 2.24) is 10.2 Å². The number of rotatable bonds is 4. The Bertz CT molecular complexity index is 842. The number of nitrogens with one attached hydrogen (secondary N) is 1. The fourth-order valence-electron chi connectivity index (χ4n) is 4.67. The van der Waals surface area contributed by atoms with Crippen LogP contribution in [0.25, 0.3) is 11.0 Å². The number of fused-ring (bicyclic) bond motifs is 2. The van der Waals surface area contributed by atoms with E-state index in [-0.39, 0.29) is 0 Å². The SMILES string of the molecule is c1ccc2c(c1)CC(N1CCCC(NCc3cc4ccccc4o3)C1)C2. The van der Waals surface area contributed by atoms with Gasteiger partial charge in [0, 0.05) is 24.0 Å². The van der Waals surface area contributed by atoms with Crippen LogP contribution in [0.15, 0.2) is 59.0 Å². The molecule has 1 atom stereocenters. The highest BCUT2D eigenvalue weighted by Crippen LogP contribution is 2.27. The van der Waals surface area contributed by atoms with E-state index >= 15 is 0 Å². The standard InChI is InChI=1S/C23H26N2O/c1-2-7-18-13-21(12-17(18)6-1)25-11-5-9-20(16-25)24-15-22-14-19-8-3-4-10-23(19)26-22/h1-4,6-8,10,14,20-21,24H,5,9,11-13,15-16H2. The minimum atomic E-state index is 0.556. The third kappa shape index (κ3) is 3.17. The van der Waals surface area contributed by atoms with Gasteiger partial charge in [0.2, 0.25) is 0 Å². The van der Waals surface area contributed by atoms with Gasteiger partial charge in [-0.25, -0.2) is 0 Å². The van der Waals surface area contributed by atoms with E-state index < -0.39 is 0 Å². The summed E-state index contributed by atoms with van der Waals surface area (Å²) in [4.78, 5) is 2.71. The fraction of sp³-hybridized carbons (Fsp3) is 0.391. The Morgan fingerprint density at radius 2 is 1.77 bits per heavy atom. The molecule has 1 fully saturated rings. The summed E-state index contributed by atoms with van der Waals surface area (Å²) in [5.74, 6) is 1.04. The van der Waals surface area contributed by atoms with Gasteiger partial charge in [0.1, 0.15) is 11.3 Å². The average molecular weight is 346 g/mol. The lowest BCUT2D eigenvalue weighted by molar-refractivity contribution is 0.139. The molecule has 3 nitrogen and oxygen atoms in total. The molecule has 2 heterocycles. The second kappa shape index (κ2) is 6.90. The van der Waals surface area contributed by atoms with E-state index in [1.807, 2.05) is 12.1 Å². The lowest BCUT2D eigenvalue weighted by Gasteiger charge is -2.37. The van der Waals surface area contributed by atoms with Crippen LogP contribution in [0.4, 0.5) is 0 Å². The predicted molar refractivity (Wildman–Crippen MR) is 105 cm³/mol. The van der Waals surface area contributed by atoms with Crippen molar-refractivity contribution in [3.63, 3.8) is 0 Å². The van der Waals surface area contributed by atoms with Crippen molar-refractivity contribution in [2.24, 2.45) is 0 Å². The molecule has 1 unspecified atom stereocenters. The molecule has 2 aromatic carbocycles. The highest BCUT2D eigenvalue weighted by atomic mass is 16.3. The van der Waals surface area contributed by atoms with Crippen molar-refractivity contribution < 1.29 is 4.42 Å². The summed E-state index contributed by atoms with van der Waals surface area (Å²) in [7, 11) is 0. The molecule has 0 amide bonds. The second-order valence-electron chi connectivity index (χ2n) is 7.80. The first-order valence-electron chi connectivity index (χ1n) is 9.87. The molecule has 5 rings (SSSR count). The number of hydrogen-bond donors (Lipinski definition) is 1. The van der Waals surface area contributed by atoms with E-state index in [0.29, 0.717) is 12.1 Å². The molecule has 1 saturated heterocycles. The van der Waals surface area contributed by atoms with Crippen molar-refractivity contribution in [2.75, 3.05) is 13.1 Å². The van der Waals surface area contributed by atoms with Crippen LogP contribution in [0.5, 0.6) is 0 Å². The van der Waals surface area contributed by atoms with Gasteiger partial charge in [-0.3, -0.25) is 4.90 Å². The van der Waals surface area contributed by atoms with Gasteiger partial charge >= 0.3 is 0 Å². The van der Waals surface area contributed by atoms with Crippen LogP contribution in [-0.2, 0) is 19.4 Å². The van der Waals surface area contributed by atoms with E-state index in [1.165, 1.54) is 37.6 Å². The molecule has 0 radical (unpaired) electrons. The summed E-state index contributed by atoms with van der Waals surface area (Å²) in [5.41, 5.74) is 4.09. The van der Waals surface area contributed by atoms with E-state index in [2.05, 4.69) is 52.7 Å². The Labute approximate surface area is 155 Å². The quantitative estimate of drug-likeness (QED) is 0.769. The van der Waals surface area contributed by atoms with Crippen molar-refractivity contribution >= 4 is 11.0 Å². The molecule has 1 aliphatic carbocycles. The molecule has 1 aliphatic heterocycles. The van der Waals surface area contributed by atoms with Crippen LogP contribution < -0.4 is 5.32 Å². The van der Waals surface area contributed by atoms with Crippen molar-refractivity contribution in [3.8, 4) is 0 Å². The Balaban J connectivity index is 1.20. The van der Waals surface area contributed by atoms with Gasteiger partial charge in [-0.2, -0.15) is 0 Å². The minimum absolute atomic E-state index is 0.556. The van der Waals surface area contributed by atoms with Crippen LogP contribution in [0.2, 0.25) is 0 Å². The first-order valence-corrected chi connectivity index (χ1v) is 9.87. The third-order valence-corrected chi connectivity index (χ3v) is 6.04. The summed E-state index contributed by atoms with van der Waals surface area (Å²) in [5, 5.41) is 4.93. The second-order valence-corrected chi connectivity index (χ2v) is 7.80. The fourth-order valence-corrected chi connectivity index (χ4v) is 4.67.